The van der Waals surface area contributed by atoms with Crippen LogP contribution in [0.4, 0.5) is 4.39 Å². The van der Waals surface area contributed by atoms with Crippen molar-refractivity contribution in [3.8, 4) is 0 Å². The number of rotatable bonds is 5. The van der Waals surface area contributed by atoms with Crippen molar-refractivity contribution in [3.63, 3.8) is 0 Å². The third-order valence-corrected chi connectivity index (χ3v) is 3.29. The van der Waals surface area contributed by atoms with Gasteiger partial charge in [-0.15, -0.1) is 3.82 Å². The van der Waals surface area contributed by atoms with E-state index in [2.05, 4.69) is 0 Å². The molecule has 0 spiro atoms. The van der Waals surface area contributed by atoms with E-state index >= 15 is 0 Å². The van der Waals surface area contributed by atoms with Crippen LogP contribution in [0.5, 0.6) is 0 Å². The summed E-state index contributed by atoms with van der Waals surface area (Å²) in [6.45, 7) is 1.12. The van der Waals surface area contributed by atoms with Gasteiger partial charge in [0.2, 0.25) is 10.0 Å². The molecule has 0 saturated heterocycles. The number of hydrogen-bond acceptors (Lipinski definition) is 2. The highest BCUT2D eigenvalue weighted by molar-refractivity contribution is 7.90. The Labute approximate surface area is 71.3 Å². The highest BCUT2D eigenvalue weighted by atomic mass is 35.5. The van der Waals surface area contributed by atoms with E-state index in [1.165, 1.54) is 0 Å². The predicted molar refractivity (Wildman–Crippen MR) is 42.6 cm³/mol. The molecule has 0 aliphatic rings. The van der Waals surface area contributed by atoms with Crippen LogP contribution in [0.15, 0.2) is 0 Å². The second-order valence-corrected chi connectivity index (χ2v) is 4.64. The van der Waals surface area contributed by atoms with Gasteiger partial charge in [0.1, 0.15) is 6.67 Å². The van der Waals surface area contributed by atoms with Gasteiger partial charge in [0, 0.05) is 6.54 Å². The van der Waals surface area contributed by atoms with Crippen molar-refractivity contribution in [2.24, 2.45) is 0 Å². The standard InChI is InChI=1S/C5H11ClFNO2S/c1-2-4-8(6)11(9,10)5-3-7/h2-5H2,1H3. The fourth-order valence-corrected chi connectivity index (χ4v) is 1.74. The molecule has 0 aromatic heterocycles. The van der Waals surface area contributed by atoms with Gasteiger partial charge in [0.15, 0.2) is 0 Å². The van der Waals surface area contributed by atoms with Gasteiger partial charge in [-0.05, 0) is 18.2 Å². The fraction of sp³-hybridized carbons (Fsp3) is 1.00. The van der Waals surface area contributed by atoms with Crippen molar-refractivity contribution in [3.05, 3.63) is 0 Å². The second-order valence-electron chi connectivity index (χ2n) is 2.02. The first-order valence-electron chi connectivity index (χ1n) is 3.26. The summed E-state index contributed by atoms with van der Waals surface area (Å²) < 4.78 is 34.0. The van der Waals surface area contributed by atoms with Crippen LogP contribution in [0.1, 0.15) is 13.3 Å². The Balaban J connectivity index is 4.07. The fourth-order valence-electron chi connectivity index (χ4n) is 0.511. The van der Waals surface area contributed by atoms with E-state index in [4.69, 9.17) is 11.8 Å². The minimum Gasteiger partial charge on any atom is -0.250 e. The molecule has 0 aliphatic heterocycles. The van der Waals surface area contributed by atoms with Gasteiger partial charge < -0.3 is 0 Å². The summed E-state index contributed by atoms with van der Waals surface area (Å²) in [6.07, 6.45) is 0.620. The third kappa shape index (κ3) is 3.88. The molecule has 0 fully saturated rings. The van der Waals surface area contributed by atoms with Gasteiger partial charge in [0.05, 0.1) is 5.75 Å². The first-order valence-corrected chi connectivity index (χ1v) is 5.21. The van der Waals surface area contributed by atoms with Gasteiger partial charge in [-0.2, -0.15) is 0 Å². The average molecular weight is 204 g/mol. The van der Waals surface area contributed by atoms with Gasteiger partial charge in [0.25, 0.3) is 0 Å². The van der Waals surface area contributed by atoms with Crippen LogP contribution in [0.25, 0.3) is 0 Å². The first-order chi connectivity index (χ1) is 5.04. The number of sulfonamides is 1. The Bertz CT molecular complexity index is 195. The summed E-state index contributed by atoms with van der Waals surface area (Å²) in [5, 5.41) is 0. The maximum absolute atomic E-state index is 11.6. The topological polar surface area (TPSA) is 37.4 Å². The second kappa shape index (κ2) is 4.90. The smallest absolute Gasteiger partial charge is 0.230 e. The quantitative estimate of drug-likeness (QED) is 0.629. The molecule has 3 nitrogen and oxygen atoms in total. The molecular formula is C5H11ClFNO2S. The van der Waals surface area contributed by atoms with Gasteiger partial charge in [-0.1, -0.05) is 6.92 Å². The highest BCUT2D eigenvalue weighted by Gasteiger charge is 2.18. The van der Waals surface area contributed by atoms with Crippen LogP contribution in [-0.2, 0) is 10.0 Å². The van der Waals surface area contributed by atoms with Crippen LogP contribution in [-0.4, -0.2) is 31.2 Å². The molecule has 0 unspecified atom stereocenters. The van der Waals surface area contributed by atoms with E-state index in [9.17, 15) is 12.8 Å². The molecule has 0 aromatic rings. The minimum absolute atomic E-state index is 0.226. The van der Waals surface area contributed by atoms with E-state index in [1.807, 2.05) is 0 Å². The summed E-state index contributed by atoms with van der Waals surface area (Å²) in [7, 11) is -3.55. The van der Waals surface area contributed by atoms with Crippen molar-refractivity contribution >= 4 is 21.8 Å². The zero-order valence-electron chi connectivity index (χ0n) is 6.26. The molecule has 0 heterocycles. The Hall–Kier alpha value is 0.130. The van der Waals surface area contributed by atoms with Crippen molar-refractivity contribution in [1.82, 2.24) is 3.82 Å². The molecule has 0 aliphatic carbocycles. The molecule has 0 amide bonds. The maximum atomic E-state index is 11.6. The Morgan fingerprint density at radius 3 is 2.45 bits per heavy atom. The molecule has 0 saturated carbocycles. The van der Waals surface area contributed by atoms with Crippen LogP contribution >= 0.6 is 11.8 Å². The SMILES string of the molecule is CCCN(Cl)S(=O)(=O)CCF. The lowest BCUT2D eigenvalue weighted by Gasteiger charge is -2.10. The number of hydrogen-bond donors (Lipinski definition) is 0. The molecule has 0 atom stereocenters. The normalized spacial score (nSPS) is 12.4. The predicted octanol–water partition coefficient (Wildman–Crippen LogP) is 1.15. The minimum atomic E-state index is -3.55. The van der Waals surface area contributed by atoms with Crippen molar-refractivity contribution in [2.75, 3.05) is 19.0 Å². The summed E-state index contributed by atoms with van der Waals surface area (Å²) in [4.78, 5) is 0. The largest absolute Gasteiger partial charge is 0.250 e. The molecule has 0 rings (SSSR count). The van der Waals surface area contributed by atoms with Crippen molar-refractivity contribution in [2.45, 2.75) is 13.3 Å². The zero-order valence-corrected chi connectivity index (χ0v) is 7.83. The summed E-state index contributed by atoms with van der Waals surface area (Å²) in [6, 6.07) is 0. The van der Waals surface area contributed by atoms with Crippen LogP contribution in [0.2, 0.25) is 0 Å². The van der Waals surface area contributed by atoms with E-state index in [1.54, 1.807) is 6.92 Å². The van der Waals surface area contributed by atoms with Crippen LogP contribution in [0.3, 0.4) is 0 Å². The van der Waals surface area contributed by atoms with Gasteiger partial charge in [-0.25, -0.2) is 12.8 Å². The Morgan fingerprint density at radius 2 is 2.09 bits per heavy atom. The van der Waals surface area contributed by atoms with E-state index in [0.717, 1.165) is 0 Å². The summed E-state index contributed by atoms with van der Waals surface area (Å²) in [5.74, 6) is -0.531. The van der Waals surface area contributed by atoms with Crippen LogP contribution < -0.4 is 0 Å². The van der Waals surface area contributed by atoms with E-state index in [-0.39, 0.29) is 6.54 Å². The average Bonchev–Trinajstić information content (AvgIpc) is 1.88. The molecule has 6 heteroatoms. The number of halogens is 2. The molecule has 0 radical (unpaired) electrons. The number of alkyl halides is 1. The van der Waals surface area contributed by atoms with E-state index < -0.39 is 22.5 Å². The maximum Gasteiger partial charge on any atom is 0.230 e. The molecule has 68 valence electrons. The Kier molecular flexibility index (Phi) is 4.96. The molecule has 11 heavy (non-hydrogen) atoms. The third-order valence-electron chi connectivity index (χ3n) is 1.04. The highest BCUT2D eigenvalue weighted by Crippen LogP contribution is 2.05. The molecule has 0 bridgehead atoms. The van der Waals surface area contributed by atoms with Crippen molar-refractivity contribution < 1.29 is 12.8 Å². The number of nitrogens with zero attached hydrogens (tertiary/aromatic N) is 1. The monoisotopic (exact) mass is 203 g/mol. The molecule has 0 aromatic carbocycles. The van der Waals surface area contributed by atoms with Gasteiger partial charge >= 0.3 is 0 Å². The first kappa shape index (κ1) is 11.1. The van der Waals surface area contributed by atoms with Crippen LogP contribution in [0, 0.1) is 0 Å². The zero-order chi connectivity index (χ0) is 8.91. The van der Waals surface area contributed by atoms with Crippen molar-refractivity contribution in [1.29, 1.82) is 0 Å². The molecule has 0 N–H and O–H groups in total. The lowest BCUT2D eigenvalue weighted by molar-refractivity contribution is 0.495. The lowest BCUT2D eigenvalue weighted by atomic mass is 10.5. The summed E-state index contributed by atoms with van der Waals surface area (Å²) >= 11 is 5.33. The Morgan fingerprint density at radius 1 is 1.55 bits per heavy atom. The van der Waals surface area contributed by atoms with Gasteiger partial charge in [-0.3, -0.25) is 0 Å². The lowest BCUT2D eigenvalue weighted by Crippen LogP contribution is -2.26. The van der Waals surface area contributed by atoms with E-state index in [0.29, 0.717) is 10.2 Å². The molecular weight excluding hydrogens is 193 g/mol. The summed E-state index contributed by atoms with van der Waals surface area (Å²) in [5.41, 5.74) is 0.